The zero-order chi connectivity index (χ0) is 18.1. The second-order valence-electron chi connectivity index (χ2n) is 6.47. The lowest BCUT2D eigenvalue weighted by Crippen LogP contribution is -2.49. The molecule has 0 amide bonds. The van der Waals surface area contributed by atoms with Gasteiger partial charge in [-0.05, 0) is 36.2 Å². The number of imidazole rings is 1. The van der Waals surface area contributed by atoms with Crippen molar-refractivity contribution >= 4 is 27.0 Å². The molecule has 0 saturated carbocycles. The Kier molecular flexibility index (Phi) is 4.42. The molecule has 26 heavy (non-hydrogen) atoms. The summed E-state index contributed by atoms with van der Waals surface area (Å²) in [5.41, 5.74) is 3.06. The molecule has 2 heterocycles. The van der Waals surface area contributed by atoms with Gasteiger partial charge in [0.15, 0.2) is 0 Å². The minimum atomic E-state index is -3.44. The van der Waals surface area contributed by atoms with Crippen LogP contribution in [-0.4, -0.2) is 48.9 Å². The van der Waals surface area contributed by atoms with E-state index in [0.717, 1.165) is 29.0 Å². The molecule has 0 radical (unpaired) electrons. The topological polar surface area (TPSA) is 69.3 Å². The van der Waals surface area contributed by atoms with E-state index in [1.165, 1.54) is 0 Å². The first kappa shape index (κ1) is 17.1. The van der Waals surface area contributed by atoms with E-state index in [4.69, 9.17) is 0 Å². The van der Waals surface area contributed by atoms with Crippen LogP contribution in [0.25, 0.3) is 11.0 Å². The van der Waals surface area contributed by atoms with Gasteiger partial charge in [0.25, 0.3) is 0 Å². The Morgan fingerprint density at radius 1 is 1.00 bits per heavy atom. The number of anilines is 1. The molecule has 6 nitrogen and oxygen atoms in total. The zero-order valence-corrected chi connectivity index (χ0v) is 15.5. The van der Waals surface area contributed by atoms with E-state index in [0.29, 0.717) is 31.1 Å². The number of aromatic nitrogens is 2. The van der Waals surface area contributed by atoms with Crippen molar-refractivity contribution in [3.8, 4) is 0 Å². The van der Waals surface area contributed by atoms with Gasteiger partial charge in [0, 0.05) is 26.2 Å². The highest BCUT2D eigenvalue weighted by atomic mass is 32.2. The van der Waals surface area contributed by atoms with Crippen molar-refractivity contribution < 1.29 is 8.42 Å². The molecule has 0 spiro atoms. The lowest BCUT2D eigenvalue weighted by molar-refractivity contribution is 0.383. The number of aryl methyl sites for hydroxylation is 1. The third kappa shape index (κ3) is 3.08. The van der Waals surface area contributed by atoms with Crippen LogP contribution in [0, 0.1) is 0 Å². The Morgan fingerprint density at radius 3 is 2.35 bits per heavy atom. The van der Waals surface area contributed by atoms with Crippen LogP contribution in [0.1, 0.15) is 12.5 Å². The number of para-hydroxylation sites is 2. The minimum absolute atomic E-state index is 0.367. The number of sulfonamides is 1. The molecule has 1 fully saturated rings. The number of hydrogen-bond donors (Lipinski definition) is 1. The fourth-order valence-electron chi connectivity index (χ4n) is 3.28. The molecule has 1 N–H and O–H groups in total. The first-order chi connectivity index (χ1) is 12.6. The molecule has 0 bridgehead atoms. The third-order valence-electron chi connectivity index (χ3n) is 4.88. The first-order valence-corrected chi connectivity index (χ1v) is 10.3. The molecule has 0 atom stereocenters. The molecule has 4 rings (SSSR count). The summed E-state index contributed by atoms with van der Waals surface area (Å²) in [6.07, 6.45) is 0.899. The Bertz CT molecular complexity index is 970. The number of fused-ring (bicyclic) bond motifs is 1. The smallest absolute Gasteiger partial charge is 0.243 e. The normalized spacial score (nSPS) is 16.3. The number of aromatic amines is 1. The van der Waals surface area contributed by atoms with Gasteiger partial charge < -0.3 is 9.88 Å². The van der Waals surface area contributed by atoms with E-state index in [1.807, 2.05) is 36.4 Å². The molecule has 0 unspecified atom stereocenters. The van der Waals surface area contributed by atoms with Crippen molar-refractivity contribution in [2.24, 2.45) is 0 Å². The third-order valence-corrected chi connectivity index (χ3v) is 6.80. The maximum Gasteiger partial charge on any atom is 0.243 e. The van der Waals surface area contributed by atoms with Gasteiger partial charge in [-0.25, -0.2) is 13.4 Å². The molecule has 7 heteroatoms. The Labute approximate surface area is 153 Å². The van der Waals surface area contributed by atoms with E-state index < -0.39 is 10.0 Å². The summed E-state index contributed by atoms with van der Waals surface area (Å²) in [5.74, 6) is 0.801. The summed E-state index contributed by atoms with van der Waals surface area (Å²) in [6.45, 7) is 4.20. The highest BCUT2D eigenvalue weighted by Crippen LogP contribution is 2.22. The van der Waals surface area contributed by atoms with Crippen LogP contribution in [-0.2, 0) is 16.4 Å². The molecule has 1 aliphatic heterocycles. The van der Waals surface area contributed by atoms with E-state index in [2.05, 4.69) is 21.8 Å². The predicted molar refractivity (Wildman–Crippen MR) is 103 cm³/mol. The van der Waals surface area contributed by atoms with Crippen molar-refractivity contribution in [3.63, 3.8) is 0 Å². The number of nitrogens with one attached hydrogen (secondary N) is 1. The minimum Gasteiger partial charge on any atom is -0.340 e. The van der Waals surface area contributed by atoms with Gasteiger partial charge in [0.1, 0.15) is 0 Å². The van der Waals surface area contributed by atoms with Crippen LogP contribution in [0.4, 0.5) is 5.95 Å². The molecule has 136 valence electrons. The quantitative estimate of drug-likeness (QED) is 0.767. The van der Waals surface area contributed by atoms with E-state index >= 15 is 0 Å². The number of piperazine rings is 1. The lowest BCUT2D eigenvalue weighted by atomic mass is 10.2. The van der Waals surface area contributed by atoms with Gasteiger partial charge in [0.05, 0.1) is 15.9 Å². The number of rotatable bonds is 4. The van der Waals surface area contributed by atoms with Gasteiger partial charge in [0.2, 0.25) is 16.0 Å². The molecular weight excluding hydrogens is 348 g/mol. The van der Waals surface area contributed by atoms with Crippen molar-refractivity contribution in [3.05, 3.63) is 54.1 Å². The number of benzene rings is 2. The molecule has 3 aromatic rings. The highest BCUT2D eigenvalue weighted by molar-refractivity contribution is 7.89. The van der Waals surface area contributed by atoms with Gasteiger partial charge in [-0.2, -0.15) is 4.31 Å². The Hall–Kier alpha value is -2.38. The molecule has 1 saturated heterocycles. The summed E-state index contributed by atoms with van der Waals surface area (Å²) < 4.78 is 27.3. The van der Waals surface area contributed by atoms with Crippen LogP contribution < -0.4 is 4.90 Å². The lowest BCUT2D eigenvalue weighted by Gasteiger charge is -2.33. The Morgan fingerprint density at radius 2 is 1.69 bits per heavy atom. The van der Waals surface area contributed by atoms with Gasteiger partial charge >= 0.3 is 0 Å². The Balaban J connectivity index is 1.48. The van der Waals surface area contributed by atoms with Crippen LogP contribution in [0.5, 0.6) is 0 Å². The van der Waals surface area contributed by atoms with E-state index in [1.54, 1.807) is 16.4 Å². The second kappa shape index (κ2) is 6.74. The molecule has 2 aromatic carbocycles. The molecule has 0 aliphatic carbocycles. The summed E-state index contributed by atoms with van der Waals surface area (Å²) in [4.78, 5) is 10.4. The van der Waals surface area contributed by atoms with E-state index in [-0.39, 0.29) is 0 Å². The number of hydrogen-bond acceptors (Lipinski definition) is 4. The average Bonchev–Trinajstić information content (AvgIpc) is 3.12. The standard InChI is InChI=1S/C19H22N4O2S/c1-2-15-7-9-16(10-8-15)26(24,25)23-13-11-22(12-14-23)19-20-17-5-3-4-6-18(17)21-19/h3-10H,2,11-14H2,1H3,(H,20,21). The summed E-state index contributed by atoms with van der Waals surface area (Å²) in [6, 6.07) is 15.1. The van der Waals surface area contributed by atoms with Gasteiger partial charge in [-0.3, -0.25) is 0 Å². The molecule has 1 aliphatic rings. The van der Waals surface area contributed by atoms with Crippen molar-refractivity contribution in [1.82, 2.24) is 14.3 Å². The number of nitrogens with zero attached hydrogens (tertiary/aromatic N) is 3. The fraction of sp³-hybridized carbons (Fsp3) is 0.316. The largest absolute Gasteiger partial charge is 0.340 e. The van der Waals surface area contributed by atoms with E-state index in [9.17, 15) is 8.42 Å². The van der Waals surface area contributed by atoms with Crippen molar-refractivity contribution in [2.45, 2.75) is 18.2 Å². The van der Waals surface area contributed by atoms with Crippen LogP contribution in [0.2, 0.25) is 0 Å². The molecule has 1 aromatic heterocycles. The predicted octanol–water partition coefficient (Wildman–Crippen LogP) is 2.64. The summed E-state index contributed by atoms with van der Waals surface area (Å²) in [5, 5.41) is 0. The first-order valence-electron chi connectivity index (χ1n) is 8.87. The fourth-order valence-corrected chi connectivity index (χ4v) is 4.70. The monoisotopic (exact) mass is 370 g/mol. The maximum atomic E-state index is 12.9. The zero-order valence-electron chi connectivity index (χ0n) is 14.7. The summed E-state index contributed by atoms with van der Waals surface area (Å²) >= 11 is 0. The molecular formula is C19H22N4O2S. The second-order valence-corrected chi connectivity index (χ2v) is 8.40. The highest BCUT2D eigenvalue weighted by Gasteiger charge is 2.29. The SMILES string of the molecule is CCc1ccc(S(=O)(=O)N2CCN(c3nc4ccccc4[nH]3)CC2)cc1. The number of H-pyrrole nitrogens is 1. The van der Waals surface area contributed by atoms with Gasteiger partial charge in [-0.15, -0.1) is 0 Å². The van der Waals surface area contributed by atoms with Crippen molar-refractivity contribution in [2.75, 3.05) is 31.1 Å². The van der Waals surface area contributed by atoms with Gasteiger partial charge in [-0.1, -0.05) is 31.2 Å². The average molecular weight is 370 g/mol. The summed E-state index contributed by atoms with van der Waals surface area (Å²) in [7, 11) is -3.44. The van der Waals surface area contributed by atoms with Crippen molar-refractivity contribution in [1.29, 1.82) is 0 Å². The maximum absolute atomic E-state index is 12.9. The van der Waals surface area contributed by atoms with Crippen LogP contribution >= 0.6 is 0 Å². The van der Waals surface area contributed by atoms with Crippen LogP contribution in [0.15, 0.2) is 53.4 Å². The van der Waals surface area contributed by atoms with Crippen LogP contribution in [0.3, 0.4) is 0 Å².